The summed E-state index contributed by atoms with van der Waals surface area (Å²) >= 11 is 0. The minimum atomic E-state index is -0.615. The Bertz CT molecular complexity index is 224. The Morgan fingerprint density at radius 3 is 2.29 bits per heavy atom. The lowest BCUT2D eigenvalue weighted by Crippen LogP contribution is -2.47. The first-order valence-electron chi connectivity index (χ1n) is 5.67. The zero-order chi connectivity index (χ0) is 11.0. The van der Waals surface area contributed by atoms with Crippen LogP contribution in [-0.4, -0.2) is 10.7 Å². The van der Waals surface area contributed by atoms with Crippen LogP contribution in [0.5, 0.6) is 0 Å². The second-order valence-electron chi connectivity index (χ2n) is 5.87. The van der Waals surface area contributed by atoms with Crippen molar-refractivity contribution in [2.24, 2.45) is 11.3 Å². The van der Waals surface area contributed by atoms with Gasteiger partial charge in [0.05, 0.1) is 5.60 Å². The Morgan fingerprint density at radius 1 is 1.36 bits per heavy atom. The van der Waals surface area contributed by atoms with Gasteiger partial charge in [-0.25, -0.2) is 0 Å². The summed E-state index contributed by atoms with van der Waals surface area (Å²) in [7, 11) is 0. The average Bonchev–Trinajstić information content (AvgIpc) is 2.02. The highest BCUT2D eigenvalue weighted by Crippen LogP contribution is 2.47. The van der Waals surface area contributed by atoms with E-state index in [9.17, 15) is 5.11 Å². The molecule has 0 aromatic rings. The fourth-order valence-corrected chi connectivity index (χ4v) is 2.82. The maximum Gasteiger partial charge on any atom is 0.0884 e. The second-order valence-corrected chi connectivity index (χ2v) is 5.87. The lowest BCUT2D eigenvalue weighted by Gasteiger charge is -2.47. The predicted molar refractivity (Wildman–Crippen MR) is 61.2 cm³/mol. The quantitative estimate of drug-likeness (QED) is 0.636. The lowest BCUT2D eigenvalue weighted by atomic mass is 9.62. The van der Waals surface area contributed by atoms with Gasteiger partial charge in [-0.1, -0.05) is 40.2 Å². The van der Waals surface area contributed by atoms with E-state index in [1.165, 1.54) is 6.42 Å². The normalized spacial score (nSPS) is 34.2. The van der Waals surface area contributed by atoms with Crippen molar-refractivity contribution in [3.05, 3.63) is 12.2 Å². The molecule has 0 saturated heterocycles. The van der Waals surface area contributed by atoms with E-state index in [0.29, 0.717) is 5.92 Å². The molecule has 0 aromatic carbocycles. The van der Waals surface area contributed by atoms with E-state index in [1.807, 2.05) is 6.92 Å². The molecule has 0 heterocycles. The molecule has 14 heavy (non-hydrogen) atoms. The molecule has 0 bridgehead atoms. The van der Waals surface area contributed by atoms with E-state index in [2.05, 4.69) is 27.4 Å². The van der Waals surface area contributed by atoms with Crippen molar-refractivity contribution >= 4 is 0 Å². The number of rotatable bonds is 1. The molecular formula is C13H24O. The number of hydrogen-bond donors (Lipinski definition) is 1. The maximum absolute atomic E-state index is 10.6. The van der Waals surface area contributed by atoms with E-state index in [1.54, 1.807) is 0 Å². The molecule has 1 N–H and O–H groups in total. The molecule has 1 nitrogen and oxygen atoms in total. The van der Waals surface area contributed by atoms with Gasteiger partial charge in [0.25, 0.3) is 0 Å². The summed E-state index contributed by atoms with van der Waals surface area (Å²) in [5.74, 6) is 0.362. The third-order valence-electron chi connectivity index (χ3n) is 3.66. The lowest BCUT2D eigenvalue weighted by molar-refractivity contribution is -0.0607. The molecule has 1 fully saturated rings. The third kappa shape index (κ3) is 2.03. The van der Waals surface area contributed by atoms with Crippen molar-refractivity contribution in [2.75, 3.05) is 0 Å². The smallest absolute Gasteiger partial charge is 0.0884 e. The maximum atomic E-state index is 10.6. The van der Waals surface area contributed by atoms with Crippen molar-refractivity contribution in [2.45, 2.75) is 59.0 Å². The Labute approximate surface area is 88.2 Å². The Balaban J connectivity index is 2.95. The molecule has 1 aliphatic carbocycles. The summed E-state index contributed by atoms with van der Waals surface area (Å²) in [5, 5.41) is 10.6. The molecule has 2 atom stereocenters. The third-order valence-corrected chi connectivity index (χ3v) is 3.66. The van der Waals surface area contributed by atoms with E-state index in [4.69, 9.17) is 0 Å². The molecule has 0 radical (unpaired) electrons. The first-order chi connectivity index (χ1) is 6.28. The number of hydrogen-bond acceptors (Lipinski definition) is 1. The van der Waals surface area contributed by atoms with Gasteiger partial charge in [0.2, 0.25) is 0 Å². The molecule has 0 spiro atoms. The second kappa shape index (κ2) is 3.69. The number of aliphatic hydroxyl groups is 1. The van der Waals surface area contributed by atoms with Crippen molar-refractivity contribution < 1.29 is 5.11 Å². The molecule has 0 aliphatic heterocycles. The molecule has 1 heteroatoms. The van der Waals surface area contributed by atoms with Gasteiger partial charge >= 0.3 is 0 Å². The van der Waals surface area contributed by atoms with Gasteiger partial charge in [0.15, 0.2) is 0 Å². The van der Waals surface area contributed by atoms with Crippen LogP contribution in [0.2, 0.25) is 0 Å². The fourth-order valence-electron chi connectivity index (χ4n) is 2.82. The van der Waals surface area contributed by atoms with Crippen LogP contribution >= 0.6 is 0 Å². The minimum Gasteiger partial charge on any atom is -0.385 e. The summed E-state index contributed by atoms with van der Waals surface area (Å²) in [5.41, 5.74) is 0.502. The van der Waals surface area contributed by atoms with E-state index in [0.717, 1.165) is 24.8 Å². The summed E-state index contributed by atoms with van der Waals surface area (Å²) in [6.45, 7) is 12.6. The average molecular weight is 196 g/mol. The van der Waals surface area contributed by atoms with Crippen LogP contribution < -0.4 is 0 Å². The van der Waals surface area contributed by atoms with Crippen molar-refractivity contribution in [1.29, 1.82) is 0 Å². The van der Waals surface area contributed by atoms with E-state index >= 15 is 0 Å². The van der Waals surface area contributed by atoms with Crippen LogP contribution in [-0.2, 0) is 0 Å². The summed E-state index contributed by atoms with van der Waals surface area (Å²) in [6, 6.07) is 0. The van der Waals surface area contributed by atoms with Gasteiger partial charge in [-0.05, 0) is 36.7 Å². The Morgan fingerprint density at radius 2 is 1.93 bits per heavy atom. The van der Waals surface area contributed by atoms with Gasteiger partial charge in [0.1, 0.15) is 0 Å². The first-order valence-corrected chi connectivity index (χ1v) is 5.67. The van der Waals surface area contributed by atoms with Crippen LogP contribution in [0, 0.1) is 11.3 Å². The van der Waals surface area contributed by atoms with Crippen LogP contribution in [0.3, 0.4) is 0 Å². The Hall–Kier alpha value is -0.300. The molecule has 0 aromatic heterocycles. The van der Waals surface area contributed by atoms with E-state index < -0.39 is 5.60 Å². The fraction of sp³-hybridized carbons (Fsp3) is 0.846. The van der Waals surface area contributed by atoms with Gasteiger partial charge in [-0.15, -0.1) is 0 Å². The van der Waals surface area contributed by atoms with Crippen molar-refractivity contribution in [1.82, 2.24) is 0 Å². The minimum absolute atomic E-state index is 0.175. The molecule has 82 valence electrons. The molecule has 1 rings (SSSR count). The highest BCUT2D eigenvalue weighted by atomic mass is 16.3. The summed E-state index contributed by atoms with van der Waals surface area (Å²) < 4.78 is 0. The highest BCUT2D eigenvalue weighted by molar-refractivity contribution is 5.15. The van der Waals surface area contributed by atoms with Crippen LogP contribution in [0.25, 0.3) is 0 Å². The summed E-state index contributed by atoms with van der Waals surface area (Å²) in [4.78, 5) is 0. The Kier molecular flexibility index (Phi) is 3.10. The molecular weight excluding hydrogens is 172 g/mol. The van der Waals surface area contributed by atoms with Crippen LogP contribution in [0.15, 0.2) is 12.2 Å². The molecule has 1 saturated carbocycles. The molecule has 1 aliphatic rings. The van der Waals surface area contributed by atoms with Gasteiger partial charge in [-0.3, -0.25) is 0 Å². The van der Waals surface area contributed by atoms with Gasteiger partial charge in [-0.2, -0.15) is 0 Å². The van der Waals surface area contributed by atoms with Gasteiger partial charge in [0, 0.05) is 0 Å². The standard InChI is InChI=1S/C13H24O/c1-10(2)13(14)9-7-6-8-11(13)12(3,4)5/h11,14H,1,6-9H2,2-5H3. The van der Waals surface area contributed by atoms with Gasteiger partial charge < -0.3 is 5.11 Å². The predicted octanol–water partition coefficient (Wildman–Crippen LogP) is 3.53. The molecule has 2 unspecified atom stereocenters. The zero-order valence-electron chi connectivity index (χ0n) is 10.1. The largest absolute Gasteiger partial charge is 0.385 e. The summed E-state index contributed by atoms with van der Waals surface area (Å²) in [6.07, 6.45) is 4.41. The van der Waals surface area contributed by atoms with E-state index in [-0.39, 0.29) is 5.41 Å². The van der Waals surface area contributed by atoms with Crippen molar-refractivity contribution in [3.63, 3.8) is 0 Å². The topological polar surface area (TPSA) is 20.2 Å². The zero-order valence-corrected chi connectivity index (χ0v) is 10.1. The first kappa shape index (κ1) is 11.8. The highest BCUT2D eigenvalue weighted by Gasteiger charge is 2.45. The van der Waals surface area contributed by atoms with Crippen LogP contribution in [0.4, 0.5) is 0 Å². The monoisotopic (exact) mass is 196 g/mol. The molecule has 0 amide bonds. The SMILES string of the molecule is C=C(C)C1(O)CCCCC1C(C)(C)C. The van der Waals surface area contributed by atoms with Crippen molar-refractivity contribution in [3.8, 4) is 0 Å². The van der Waals surface area contributed by atoms with Crippen LogP contribution in [0.1, 0.15) is 53.4 Å².